The van der Waals surface area contributed by atoms with Gasteiger partial charge in [-0.1, -0.05) is 35.9 Å². The van der Waals surface area contributed by atoms with Crippen molar-refractivity contribution < 1.29 is 18.0 Å². The van der Waals surface area contributed by atoms with Crippen LogP contribution in [-0.4, -0.2) is 26.7 Å². The molecule has 6 nitrogen and oxygen atoms in total. The van der Waals surface area contributed by atoms with Crippen LogP contribution in [0.15, 0.2) is 53.4 Å². The van der Waals surface area contributed by atoms with Crippen LogP contribution >= 0.6 is 11.6 Å². The maximum absolute atomic E-state index is 12.3. The number of amides is 1. The van der Waals surface area contributed by atoms with E-state index < -0.39 is 10.0 Å². The molecule has 2 aromatic carbocycles. The first-order valence-electron chi connectivity index (χ1n) is 8.34. The van der Waals surface area contributed by atoms with Gasteiger partial charge in [0.15, 0.2) is 5.78 Å². The molecule has 0 aliphatic carbocycles. The number of hydrogen-bond donors (Lipinski definition) is 2. The molecule has 1 unspecified atom stereocenters. The third-order valence-electron chi connectivity index (χ3n) is 3.92. The third kappa shape index (κ3) is 6.16. The Morgan fingerprint density at radius 2 is 1.81 bits per heavy atom. The van der Waals surface area contributed by atoms with Crippen molar-refractivity contribution in [2.45, 2.75) is 31.2 Å². The molecule has 2 N–H and O–H groups in total. The smallest absolute Gasteiger partial charge is 0.240 e. The van der Waals surface area contributed by atoms with Gasteiger partial charge in [-0.3, -0.25) is 9.59 Å². The van der Waals surface area contributed by atoms with Crippen LogP contribution in [0.4, 0.5) is 0 Å². The van der Waals surface area contributed by atoms with Gasteiger partial charge in [0.25, 0.3) is 0 Å². The number of rotatable bonds is 8. The Kier molecular flexibility index (Phi) is 7.12. The average molecular weight is 409 g/mol. The fourth-order valence-corrected chi connectivity index (χ4v) is 3.71. The zero-order valence-corrected chi connectivity index (χ0v) is 16.6. The Bertz CT molecular complexity index is 944. The van der Waals surface area contributed by atoms with Crippen LogP contribution in [0.1, 0.15) is 42.2 Å². The molecule has 0 radical (unpaired) electrons. The van der Waals surface area contributed by atoms with E-state index in [1.54, 1.807) is 24.3 Å². The maximum atomic E-state index is 12.3. The summed E-state index contributed by atoms with van der Waals surface area (Å²) in [6.07, 6.45) is -0.0173. The minimum atomic E-state index is -3.80. The highest BCUT2D eigenvalue weighted by Crippen LogP contribution is 2.17. The SMILES string of the molecule is CC(=O)c1cccc(S(=O)(=O)NCCC(=O)NC(C)c2cccc(Cl)c2)c1. The summed E-state index contributed by atoms with van der Waals surface area (Å²) >= 11 is 5.94. The standard InChI is InChI=1S/C19H21ClN2O4S/c1-13(15-5-3-7-17(20)11-15)22-19(24)9-10-21-27(25,26)18-8-4-6-16(12-18)14(2)23/h3-8,11-13,21H,9-10H2,1-2H3,(H,22,24). The van der Waals surface area contributed by atoms with Gasteiger partial charge in [-0.05, 0) is 43.7 Å². The molecule has 0 aliphatic rings. The fourth-order valence-electron chi connectivity index (χ4n) is 2.44. The Hall–Kier alpha value is -2.22. The van der Waals surface area contributed by atoms with E-state index in [0.717, 1.165) is 5.56 Å². The van der Waals surface area contributed by atoms with Gasteiger partial charge >= 0.3 is 0 Å². The number of Topliss-reactive ketones (excluding diaryl/α,β-unsaturated/α-hetero) is 1. The summed E-state index contributed by atoms with van der Waals surface area (Å²) < 4.78 is 27.0. The predicted molar refractivity (Wildman–Crippen MR) is 104 cm³/mol. The zero-order chi connectivity index (χ0) is 20.0. The molecule has 0 spiro atoms. The lowest BCUT2D eigenvalue weighted by Gasteiger charge is -2.15. The molecule has 0 fully saturated rings. The number of benzene rings is 2. The molecule has 1 amide bonds. The third-order valence-corrected chi connectivity index (χ3v) is 5.61. The van der Waals surface area contributed by atoms with E-state index in [1.807, 2.05) is 13.0 Å². The van der Waals surface area contributed by atoms with Gasteiger partial charge in [0.1, 0.15) is 0 Å². The molecule has 0 aromatic heterocycles. The van der Waals surface area contributed by atoms with Crippen molar-refractivity contribution in [3.63, 3.8) is 0 Å². The highest BCUT2D eigenvalue weighted by Gasteiger charge is 2.16. The number of hydrogen-bond acceptors (Lipinski definition) is 4. The summed E-state index contributed by atoms with van der Waals surface area (Å²) in [5, 5.41) is 3.37. The first-order valence-corrected chi connectivity index (χ1v) is 10.2. The molecule has 144 valence electrons. The Labute approximate surface area is 164 Å². The molecule has 2 aromatic rings. The van der Waals surface area contributed by atoms with Gasteiger partial charge in [0, 0.05) is 23.6 Å². The van der Waals surface area contributed by atoms with Gasteiger partial charge < -0.3 is 5.32 Å². The van der Waals surface area contributed by atoms with Gasteiger partial charge in [0.05, 0.1) is 10.9 Å². The van der Waals surface area contributed by atoms with Crippen LogP contribution in [0.25, 0.3) is 0 Å². The van der Waals surface area contributed by atoms with E-state index in [4.69, 9.17) is 11.6 Å². The highest BCUT2D eigenvalue weighted by atomic mass is 35.5. The lowest BCUT2D eigenvalue weighted by Crippen LogP contribution is -2.32. The molecule has 2 rings (SSSR count). The quantitative estimate of drug-likeness (QED) is 0.656. The molecule has 0 saturated heterocycles. The van der Waals surface area contributed by atoms with E-state index >= 15 is 0 Å². The van der Waals surface area contributed by atoms with Crippen molar-refractivity contribution >= 4 is 33.3 Å². The van der Waals surface area contributed by atoms with Crippen LogP contribution in [-0.2, 0) is 14.8 Å². The number of nitrogens with one attached hydrogen (secondary N) is 2. The summed E-state index contributed by atoms with van der Waals surface area (Å²) in [6, 6.07) is 12.7. The number of ketones is 1. The summed E-state index contributed by atoms with van der Waals surface area (Å²) in [6.45, 7) is 3.13. The van der Waals surface area contributed by atoms with Crippen LogP contribution in [0, 0.1) is 0 Å². The second kappa shape index (κ2) is 9.12. The molecule has 27 heavy (non-hydrogen) atoms. The van der Waals surface area contributed by atoms with Gasteiger partial charge in [-0.15, -0.1) is 0 Å². The number of halogens is 1. The predicted octanol–water partition coefficient (Wildman–Crippen LogP) is 3.09. The highest BCUT2D eigenvalue weighted by molar-refractivity contribution is 7.89. The summed E-state index contributed by atoms with van der Waals surface area (Å²) in [5.41, 5.74) is 1.17. The minimum absolute atomic E-state index is 0.0112. The molecule has 8 heteroatoms. The van der Waals surface area contributed by atoms with E-state index in [2.05, 4.69) is 10.0 Å². The molecule has 1 atom stereocenters. The first-order chi connectivity index (χ1) is 12.7. The van der Waals surface area contributed by atoms with E-state index in [9.17, 15) is 18.0 Å². The number of carbonyl (C=O) groups excluding carboxylic acids is 2. The molecule has 0 aliphatic heterocycles. The lowest BCUT2D eigenvalue weighted by molar-refractivity contribution is -0.121. The van der Waals surface area contributed by atoms with Crippen LogP contribution in [0.5, 0.6) is 0 Å². The molecule has 0 heterocycles. The van der Waals surface area contributed by atoms with Crippen molar-refractivity contribution in [2.75, 3.05) is 6.54 Å². The first kappa shape index (κ1) is 21.1. The largest absolute Gasteiger partial charge is 0.350 e. The van der Waals surface area contributed by atoms with Crippen molar-refractivity contribution in [1.82, 2.24) is 10.0 Å². The van der Waals surface area contributed by atoms with Crippen molar-refractivity contribution in [3.8, 4) is 0 Å². The van der Waals surface area contributed by atoms with Gasteiger partial charge in [-0.2, -0.15) is 0 Å². The summed E-state index contributed by atoms with van der Waals surface area (Å²) in [5.74, 6) is -0.510. The van der Waals surface area contributed by atoms with E-state index in [0.29, 0.717) is 10.6 Å². The van der Waals surface area contributed by atoms with Crippen molar-refractivity contribution in [3.05, 3.63) is 64.7 Å². The number of sulfonamides is 1. The second-order valence-electron chi connectivity index (χ2n) is 6.08. The normalized spacial score (nSPS) is 12.4. The average Bonchev–Trinajstić information content (AvgIpc) is 2.61. The Balaban J connectivity index is 1.90. The van der Waals surface area contributed by atoms with Crippen LogP contribution in [0.2, 0.25) is 5.02 Å². The minimum Gasteiger partial charge on any atom is -0.350 e. The van der Waals surface area contributed by atoms with Crippen LogP contribution < -0.4 is 10.0 Å². The maximum Gasteiger partial charge on any atom is 0.240 e. The monoisotopic (exact) mass is 408 g/mol. The number of carbonyl (C=O) groups is 2. The Morgan fingerprint density at radius 3 is 2.48 bits per heavy atom. The molecular weight excluding hydrogens is 388 g/mol. The van der Waals surface area contributed by atoms with Gasteiger partial charge in [0.2, 0.25) is 15.9 Å². The molecule has 0 saturated carbocycles. The van der Waals surface area contributed by atoms with Crippen molar-refractivity contribution in [2.24, 2.45) is 0 Å². The molecular formula is C19H21ClN2O4S. The molecule has 0 bridgehead atoms. The Morgan fingerprint density at radius 1 is 1.11 bits per heavy atom. The zero-order valence-electron chi connectivity index (χ0n) is 15.0. The van der Waals surface area contributed by atoms with E-state index in [-0.39, 0.29) is 35.6 Å². The lowest BCUT2D eigenvalue weighted by atomic mass is 10.1. The van der Waals surface area contributed by atoms with Crippen molar-refractivity contribution in [1.29, 1.82) is 0 Å². The van der Waals surface area contributed by atoms with E-state index in [1.165, 1.54) is 25.1 Å². The topological polar surface area (TPSA) is 92.3 Å². The fraction of sp³-hybridized carbons (Fsp3) is 0.263. The summed E-state index contributed by atoms with van der Waals surface area (Å²) in [7, 11) is -3.80. The van der Waals surface area contributed by atoms with Crippen LogP contribution in [0.3, 0.4) is 0 Å². The second-order valence-corrected chi connectivity index (χ2v) is 8.28. The van der Waals surface area contributed by atoms with Gasteiger partial charge in [-0.25, -0.2) is 13.1 Å². The summed E-state index contributed by atoms with van der Waals surface area (Å²) in [4.78, 5) is 23.4.